The predicted molar refractivity (Wildman–Crippen MR) is 86.6 cm³/mol. The molecule has 0 spiro atoms. The van der Waals surface area contributed by atoms with Gasteiger partial charge >= 0.3 is 51.4 Å². The zero-order valence-corrected chi connectivity index (χ0v) is 18.0. The van der Waals surface area contributed by atoms with Crippen molar-refractivity contribution in [1.29, 1.82) is 0 Å². The van der Waals surface area contributed by atoms with Crippen LogP contribution in [0.3, 0.4) is 0 Å². The minimum Gasteiger partial charge on any atom is -0.716 e. The van der Waals surface area contributed by atoms with Crippen molar-refractivity contribution in [2.75, 3.05) is 13.6 Å². The van der Waals surface area contributed by atoms with Crippen LogP contribution in [0.2, 0.25) is 0 Å². The molecule has 0 bridgehead atoms. The van der Waals surface area contributed by atoms with E-state index in [1.807, 2.05) is 12.1 Å². The number of nitrogens with zero attached hydrogens (tertiary/aromatic N) is 1. The second-order valence-electron chi connectivity index (χ2n) is 6.27. The van der Waals surface area contributed by atoms with Gasteiger partial charge in [-0.3, -0.25) is 4.90 Å². The summed E-state index contributed by atoms with van der Waals surface area (Å²) in [7, 11) is -2.86. The summed E-state index contributed by atoms with van der Waals surface area (Å²) in [5.41, 5.74) is 4.74. The van der Waals surface area contributed by atoms with Crippen molar-refractivity contribution in [1.82, 2.24) is 4.90 Å². The standard InChI is InChI=1S/C17H17NO5S.K/c1-18-8-7-10-3-2-4-12-15(10)13(18)9-11-5-6-14(17(19)16(11)12)23-24(20,21)22;/h2-6,13,19H,7-9H2,1H3,(H,20,21,22);/q;+1/p-1/t13-;/m1./s1. The first kappa shape index (κ1) is 19.3. The van der Waals surface area contributed by atoms with Crippen molar-refractivity contribution >= 4 is 10.4 Å². The Labute approximate surface area is 189 Å². The molecule has 25 heavy (non-hydrogen) atoms. The zero-order valence-electron chi connectivity index (χ0n) is 14.0. The van der Waals surface area contributed by atoms with Crippen molar-refractivity contribution in [2.45, 2.75) is 18.9 Å². The molecule has 1 aliphatic carbocycles. The van der Waals surface area contributed by atoms with Gasteiger partial charge in [-0.15, -0.1) is 0 Å². The number of rotatable bonds is 2. The first-order chi connectivity index (χ1) is 11.3. The minimum atomic E-state index is -4.94. The van der Waals surface area contributed by atoms with E-state index >= 15 is 0 Å². The first-order valence-electron chi connectivity index (χ1n) is 7.67. The third-order valence-corrected chi connectivity index (χ3v) is 5.28. The van der Waals surface area contributed by atoms with Gasteiger partial charge in [0, 0.05) is 18.2 Å². The molecule has 126 valence electrons. The molecule has 0 radical (unpaired) electrons. The molecule has 8 heteroatoms. The molecule has 4 rings (SSSR count). The molecule has 1 heterocycles. The van der Waals surface area contributed by atoms with Gasteiger partial charge in [0.1, 0.15) is 0 Å². The normalized spacial score (nSPS) is 18.7. The van der Waals surface area contributed by atoms with Gasteiger partial charge in [-0.1, -0.05) is 24.3 Å². The quantitative estimate of drug-likeness (QED) is 0.405. The number of benzene rings is 2. The molecule has 0 amide bonds. The third-order valence-electron chi connectivity index (χ3n) is 4.90. The molecule has 0 aromatic heterocycles. The van der Waals surface area contributed by atoms with E-state index < -0.39 is 10.4 Å². The largest absolute Gasteiger partial charge is 1.00 e. The Bertz CT molecular complexity index is 944. The summed E-state index contributed by atoms with van der Waals surface area (Å²) in [6.07, 6.45) is 1.64. The van der Waals surface area contributed by atoms with Gasteiger partial charge < -0.3 is 13.8 Å². The van der Waals surface area contributed by atoms with Gasteiger partial charge in [0.25, 0.3) is 10.4 Å². The number of aromatic hydroxyl groups is 1. The van der Waals surface area contributed by atoms with E-state index in [9.17, 15) is 18.1 Å². The van der Waals surface area contributed by atoms with E-state index in [1.54, 1.807) is 6.07 Å². The van der Waals surface area contributed by atoms with Crippen LogP contribution < -0.4 is 55.6 Å². The predicted octanol–water partition coefficient (Wildman–Crippen LogP) is -1.01. The Hall–Kier alpha value is -0.454. The number of hydrogen-bond donors (Lipinski definition) is 1. The first-order valence-corrected chi connectivity index (χ1v) is 9.01. The van der Waals surface area contributed by atoms with E-state index in [0.717, 1.165) is 29.7 Å². The van der Waals surface area contributed by atoms with Gasteiger partial charge in [0.15, 0.2) is 11.5 Å². The van der Waals surface area contributed by atoms with Gasteiger partial charge in [0.05, 0.1) is 0 Å². The van der Waals surface area contributed by atoms with Gasteiger partial charge in [-0.05, 0) is 48.2 Å². The topological polar surface area (TPSA) is 89.9 Å². The fourth-order valence-corrected chi connectivity index (χ4v) is 4.20. The van der Waals surface area contributed by atoms with E-state index in [4.69, 9.17) is 0 Å². The maximum atomic E-state index is 10.9. The Morgan fingerprint density at radius 1 is 1.24 bits per heavy atom. The molecule has 0 saturated heterocycles. The maximum Gasteiger partial charge on any atom is 1.00 e. The number of phenolic OH excluding ortho intramolecular Hbond substituents is 1. The molecule has 2 aromatic rings. The van der Waals surface area contributed by atoms with Crippen LogP contribution >= 0.6 is 0 Å². The molecule has 1 aliphatic heterocycles. The zero-order chi connectivity index (χ0) is 17.1. The average molecular weight is 385 g/mol. The van der Waals surface area contributed by atoms with Gasteiger partial charge in [-0.2, -0.15) is 0 Å². The summed E-state index contributed by atoms with van der Waals surface area (Å²) in [6.45, 7) is 0.970. The maximum absolute atomic E-state index is 10.9. The third kappa shape index (κ3) is 3.42. The Morgan fingerprint density at radius 2 is 2.00 bits per heavy atom. The molecular formula is C17H16KNO5S. The van der Waals surface area contributed by atoms with Crippen molar-refractivity contribution in [3.63, 3.8) is 0 Å². The monoisotopic (exact) mass is 385 g/mol. The number of phenols is 1. The van der Waals surface area contributed by atoms with Crippen molar-refractivity contribution in [2.24, 2.45) is 0 Å². The van der Waals surface area contributed by atoms with E-state index in [0.29, 0.717) is 12.0 Å². The van der Waals surface area contributed by atoms with Crippen molar-refractivity contribution in [3.05, 3.63) is 47.0 Å². The molecule has 1 atom stereocenters. The van der Waals surface area contributed by atoms with Crippen LogP contribution in [0, 0.1) is 0 Å². The van der Waals surface area contributed by atoms with Gasteiger partial charge in [0.2, 0.25) is 0 Å². The molecule has 1 N–H and O–H groups in total. The second kappa shape index (κ2) is 6.93. The van der Waals surface area contributed by atoms with Crippen molar-refractivity contribution < 1.29 is 73.6 Å². The van der Waals surface area contributed by atoms with Crippen LogP contribution in [0.5, 0.6) is 11.5 Å². The van der Waals surface area contributed by atoms with Crippen molar-refractivity contribution in [3.8, 4) is 22.6 Å². The fraction of sp³-hybridized carbons (Fsp3) is 0.294. The summed E-state index contributed by atoms with van der Waals surface area (Å²) in [6, 6.07) is 9.21. The smallest absolute Gasteiger partial charge is 0.716 e. The Kier molecular flexibility index (Phi) is 5.36. The fourth-order valence-electron chi connectivity index (χ4n) is 3.84. The number of likely N-dealkylation sites (N-methyl/N-ethyl adjacent to an activating group) is 1. The van der Waals surface area contributed by atoms with Crippen LogP contribution in [0.15, 0.2) is 30.3 Å². The van der Waals surface area contributed by atoms with Gasteiger partial charge in [-0.25, -0.2) is 8.42 Å². The van der Waals surface area contributed by atoms with Crippen LogP contribution in [0.25, 0.3) is 11.1 Å². The number of fused-ring (bicyclic) bond motifs is 2. The van der Waals surface area contributed by atoms with E-state index in [1.165, 1.54) is 11.6 Å². The van der Waals surface area contributed by atoms with E-state index in [2.05, 4.69) is 22.2 Å². The molecule has 0 fully saturated rings. The Balaban J connectivity index is 0.00000182. The Morgan fingerprint density at radius 3 is 2.72 bits per heavy atom. The summed E-state index contributed by atoms with van der Waals surface area (Å²) in [5, 5.41) is 10.5. The summed E-state index contributed by atoms with van der Waals surface area (Å²) in [4.78, 5) is 2.29. The molecule has 0 unspecified atom stereocenters. The average Bonchev–Trinajstić information content (AvgIpc) is 2.52. The van der Waals surface area contributed by atoms with Crippen LogP contribution in [0.1, 0.15) is 22.7 Å². The summed E-state index contributed by atoms with van der Waals surface area (Å²) >= 11 is 0. The van der Waals surface area contributed by atoms with E-state index in [-0.39, 0.29) is 68.9 Å². The van der Waals surface area contributed by atoms with Crippen LogP contribution in [0.4, 0.5) is 0 Å². The molecule has 0 saturated carbocycles. The van der Waals surface area contributed by atoms with Crippen LogP contribution in [-0.4, -0.2) is 36.6 Å². The molecular weight excluding hydrogens is 369 g/mol. The van der Waals surface area contributed by atoms with Crippen LogP contribution in [-0.2, 0) is 23.2 Å². The number of hydrogen-bond acceptors (Lipinski definition) is 6. The molecule has 2 aliphatic rings. The molecule has 6 nitrogen and oxygen atoms in total. The SMILES string of the molecule is CN1CCc2cccc3c2[C@H]1Cc1ccc(OS(=O)(=O)[O-])c(O)c1-3.[K+]. The minimum absolute atomic E-state index is 0. The second-order valence-corrected chi connectivity index (χ2v) is 7.25. The molecule has 2 aromatic carbocycles. The summed E-state index contributed by atoms with van der Waals surface area (Å²) < 4.78 is 37.0. The summed E-state index contributed by atoms with van der Waals surface area (Å²) in [5.74, 6) is -0.629.